The zero-order valence-electron chi connectivity index (χ0n) is 9.88. The van der Waals surface area contributed by atoms with Crippen molar-refractivity contribution < 1.29 is 8.78 Å². The lowest BCUT2D eigenvalue weighted by molar-refractivity contribution is -0.0456. The Bertz CT molecular complexity index is 404. The van der Waals surface area contributed by atoms with Crippen LogP contribution >= 0.6 is 27.5 Å². The van der Waals surface area contributed by atoms with Crippen LogP contribution in [0.2, 0.25) is 5.02 Å². The van der Waals surface area contributed by atoms with Gasteiger partial charge in [-0.25, -0.2) is 8.78 Å². The SMILES string of the molecule is FC1(F)CCC(C(Br)Cc2ccncc2Cl)CC1. The first-order valence-electron chi connectivity index (χ1n) is 6.08. The minimum Gasteiger partial charge on any atom is -0.263 e. The van der Waals surface area contributed by atoms with Gasteiger partial charge in [0.1, 0.15) is 0 Å². The molecule has 18 heavy (non-hydrogen) atoms. The number of alkyl halides is 3. The fourth-order valence-electron chi connectivity index (χ4n) is 2.37. The molecule has 1 aromatic heterocycles. The number of halogens is 4. The highest BCUT2D eigenvalue weighted by Gasteiger charge is 2.37. The van der Waals surface area contributed by atoms with E-state index in [2.05, 4.69) is 20.9 Å². The molecule has 0 saturated heterocycles. The molecule has 1 saturated carbocycles. The predicted molar refractivity (Wildman–Crippen MR) is 72.6 cm³/mol. The van der Waals surface area contributed by atoms with E-state index in [1.807, 2.05) is 6.07 Å². The minimum atomic E-state index is -2.46. The third-order valence-corrected chi connectivity index (χ3v) is 4.96. The molecule has 0 amide bonds. The normalized spacial score (nSPS) is 21.8. The topological polar surface area (TPSA) is 12.9 Å². The highest BCUT2D eigenvalue weighted by atomic mass is 79.9. The average molecular weight is 339 g/mol. The Kier molecular flexibility index (Phi) is 4.59. The quantitative estimate of drug-likeness (QED) is 0.717. The van der Waals surface area contributed by atoms with Gasteiger partial charge in [0.25, 0.3) is 0 Å². The standard InChI is InChI=1S/C13H15BrClF2N/c14-11(7-10-3-6-18-8-12(10)15)9-1-4-13(16,17)5-2-9/h3,6,8-9,11H,1-2,4-5,7H2. The van der Waals surface area contributed by atoms with Gasteiger partial charge in [-0.05, 0) is 36.8 Å². The number of aromatic nitrogens is 1. The lowest BCUT2D eigenvalue weighted by Gasteiger charge is -2.31. The summed E-state index contributed by atoms with van der Waals surface area (Å²) in [5.41, 5.74) is 1.02. The highest BCUT2D eigenvalue weighted by molar-refractivity contribution is 9.09. The fraction of sp³-hybridized carbons (Fsp3) is 0.615. The van der Waals surface area contributed by atoms with Gasteiger partial charge in [-0.3, -0.25) is 4.98 Å². The largest absolute Gasteiger partial charge is 0.263 e. The van der Waals surface area contributed by atoms with Gasteiger partial charge in [0.15, 0.2) is 0 Å². The molecule has 1 aromatic rings. The van der Waals surface area contributed by atoms with Crippen LogP contribution in [0.5, 0.6) is 0 Å². The molecule has 2 rings (SSSR count). The number of nitrogens with zero attached hydrogens (tertiary/aromatic N) is 1. The molecular formula is C13H15BrClF2N. The summed E-state index contributed by atoms with van der Waals surface area (Å²) in [5.74, 6) is -2.16. The molecule has 0 aromatic carbocycles. The van der Waals surface area contributed by atoms with Crippen molar-refractivity contribution >= 4 is 27.5 Å². The zero-order valence-corrected chi connectivity index (χ0v) is 12.2. The van der Waals surface area contributed by atoms with Crippen LogP contribution in [0.3, 0.4) is 0 Å². The van der Waals surface area contributed by atoms with E-state index in [0.717, 1.165) is 12.0 Å². The van der Waals surface area contributed by atoms with Gasteiger partial charge in [-0.15, -0.1) is 0 Å². The second-order valence-corrected chi connectivity index (χ2v) is 6.46. The van der Waals surface area contributed by atoms with Crippen molar-refractivity contribution in [1.29, 1.82) is 0 Å². The van der Waals surface area contributed by atoms with Crippen LogP contribution < -0.4 is 0 Å². The maximum Gasteiger partial charge on any atom is 0.248 e. The molecule has 1 atom stereocenters. The molecule has 0 bridgehead atoms. The van der Waals surface area contributed by atoms with Crippen LogP contribution in [0.15, 0.2) is 18.5 Å². The van der Waals surface area contributed by atoms with E-state index in [4.69, 9.17) is 11.6 Å². The minimum absolute atomic E-state index is 0.00381. The van der Waals surface area contributed by atoms with Gasteiger partial charge in [-0.1, -0.05) is 27.5 Å². The Morgan fingerprint density at radius 3 is 2.72 bits per heavy atom. The maximum atomic E-state index is 13.1. The van der Waals surface area contributed by atoms with E-state index in [9.17, 15) is 8.78 Å². The molecule has 1 heterocycles. The Labute approximate surface area is 119 Å². The molecular weight excluding hydrogens is 324 g/mol. The summed E-state index contributed by atoms with van der Waals surface area (Å²) in [6, 6.07) is 1.88. The summed E-state index contributed by atoms with van der Waals surface area (Å²) in [6.07, 6.45) is 5.24. The Balaban J connectivity index is 1.93. The Morgan fingerprint density at radius 1 is 1.44 bits per heavy atom. The fourth-order valence-corrected chi connectivity index (χ4v) is 3.44. The first kappa shape index (κ1) is 14.2. The second-order valence-electron chi connectivity index (χ2n) is 4.88. The highest BCUT2D eigenvalue weighted by Crippen LogP contribution is 2.40. The van der Waals surface area contributed by atoms with Crippen LogP contribution in [-0.4, -0.2) is 15.7 Å². The number of rotatable bonds is 3. The van der Waals surface area contributed by atoms with Crippen molar-refractivity contribution in [3.05, 3.63) is 29.0 Å². The van der Waals surface area contributed by atoms with Crippen LogP contribution in [0.1, 0.15) is 31.2 Å². The summed E-state index contributed by atoms with van der Waals surface area (Å²) in [7, 11) is 0. The van der Waals surface area contributed by atoms with Crippen LogP contribution in [0.4, 0.5) is 8.78 Å². The summed E-state index contributed by atoms with van der Waals surface area (Å²) < 4.78 is 26.2. The Morgan fingerprint density at radius 2 is 2.11 bits per heavy atom. The third kappa shape index (κ3) is 3.64. The van der Waals surface area contributed by atoms with Gasteiger partial charge < -0.3 is 0 Å². The second kappa shape index (κ2) is 5.83. The van der Waals surface area contributed by atoms with Crippen molar-refractivity contribution in [1.82, 2.24) is 4.98 Å². The van der Waals surface area contributed by atoms with Gasteiger partial charge in [0.2, 0.25) is 5.92 Å². The smallest absolute Gasteiger partial charge is 0.248 e. The molecule has 0 spiro atoms. The molecule has 1 aliphatic rings. The van der Waals surface area contributed by atoms with Gasteiger partial charge >= 0.3 is 0 Å². The molecule has 0 aliphatic heterocycles. The Hall–Kier alpha value is -0.220. The predicted octanol–water partition coefficient (Wildman–Crippen LogP) is 4.87. The monoisotopic (exact) mass is 337 g/mol. The van der Waals surface area contributed by atoms with Crippen LogP contribution in [0.25, 0.3) is 0 Å². The average Bonchev–Trinajstić information content (AvgIpc) is 2.32. The van der Waals surface area contributed by atoms with E-state index >= 15 is 0 Å². The molecule has 1 unspecified atom stereocenters. The molecule has 100 valence electrons. The summed E-state index contributed by atoms with van der Waals surface area (Å²) in [4.78, 5) is 4.14. The van der Waals surface area contributed by atoms with Crippen LogP contribution in [0, 0.1) is 5.92 Å². The number of hydrogen-bond donors (Lipinski definition) is 0. The van der Waals surface area contributed by atoms with E-state index in [1.54, 1.807) is 12.4 Å². The first-order valence-corrected chi connectivity index (χ1v) is 7.37. The van der Waals surface area contributed by atoms with Crippen LogP contribution in [-0.2, 0) is 6.42 Å². The zero-order chi connectivity index (χ0) is 13.2. The molecule has 0 radical (unpaired) electrons. The summed E-state index contributed by atoms with van der Waals surface area (Å²) >= 11 is 9.67. The lowest BCUT2D eigenvalue weighted by atomic mass is 9.83. The molecule has 1 nitrogen and oxygen atoms in total. The molecule has 1 fully saturated rings. The van der Waals surface area contributed by atoms with Gasteiger partial charge in [-0.2, -0.15) is 0 Å². The summed E-state index contributed by atoms with van der Waals surface area (Å²) in [6.45, 7) is 0. The molecule has 0 N–H and O–H groups in total. The third-order valence-electron chi connectivity index (χ3n) is 3.54. The summed E-state index contributed by atoms with van der Waals surface area (Å²) in [5, 5.41) is 0.642. The molecule has 5 heteroatoms. The van der Waals surface area contributed by atoms with E-state index in [-0.39, 0.29) is 17.7 Å². The van der Waals surface area contributed by atoms with E-state index in [1.165, 1.54) is 0 Å². The van der Waals surface area contributed by atoms with E-state index < -0.39 is 5.92 Å². The first-order chi connectivity index (χ1) is 8.48. The van der Waals surface area contributed by atoms with E-state index in [0.29, 0.717) is 23.8 Å². The van der Waals surface area contributed by atoms with Crippen molar-refractivity contribution in [3.63, 3.8) is 0 Å². The number of hydrogen-bond acceptors (Lipinski definition) is 1. The van der Waals surface area contributed by atoms with Crippen molar-refractivity contribution in [3.8, 4) is 0 Å². The van der Waals surface area contributed by atoms with Crippen molar-refractivity contribution in [2.75, 3.05) is 0 Å². The van der Waals surface area contributed by atoms with Gasteiger partial charge in [0, 0.05) is 30.1 Å². The lowest BCUT2D eigenvalue weighted by Crippen LogP contribution is -2.29. The van der Waals surface area contributed by atoms with Crippen molar-refractivity contribution in [2.45, 2.75) is 42.9 Å². The van der Waals surface area contributed by atoms with Gasteiger partial charge in [0.05, 0.1) is 5.02 Å². The van der Waals surface area contributed by atoms with Crippen molar-refractivity contribution in [2.24, 2.45) is 5.92 Å². The number of pyridine rings is 1. The maximum absolute atomic E-state index is 13.1. The molecule has 1 aliphatic carbocycles.